The van der Waals surface area contributed by atoms with Gasteiger partial charge in [-0.1, -0.05) is 30.3 Å². The van der Waals surface area contributed by atoms with E-state index in [9.17, 15) is 9.59 Å². The second-order valence-electron chi connectivity index (χ2n) is 5.38. The molecule has 1 saturated heterocycles. The van der Waals surface area contributed by atoms with Crippen LogP contribution in [-0.4, -0.2) is 35.9 Å². The van der Waals surface area contributed by atoms with Crippen molar-refractivity contribution in [2.24, 2.45) is 7.05 Å². The second-order valence-corrected chi connectivity index (χ2v) is 5.38. The molecule has 0 bridgehead atoms. The van der Waals surface area contributed by atoms with E-state index in [0.29, 0.717) is 44.1 Å². The molecule has 1 aromatic heterocycles. The molecule has 1 aromatic carbocycles. The molecule has 6 nitrogen and oxygen atoms in total. The zero-order valence-electron chi connectivity index (χ0n) is 12.5. The minimum absolute atomic E-state index is 0.242. The predicted octanol–water partition coefficient (Wildman–Crippen LogP) is 0.501. The molecule has 116 valence electrons. The zero-order chi connectivity index (χ0) is 15.5. The SMILES string of the molecule is Cn1c(=O)[nH]c(N2CCOCC2)c(Cc2ccccc2)c1=O. The van der Waals surface area contributed by atoms with Crippen molar-refractivity contribution in [3.8, 4) is 0 Å². The van der Waals surface area contributed by atoms with E-state index in [1.165, 1.54) is 7.05 Å². The summed E-state index contributed by atoms with van der Waals surface area (Å²) in [5, 5.41) is 0. The number of anilines is 1. The van der Waals surface area contributed by atoms with Crippen molar-refractivity contribution in [2.45, 2.75) is 6.42 Å². The topological polar surface area (TPSA) is 67.3 Å². The standard InChI is InChI=1S/C16H19N3O3/c1-18-15(20)13(11-12-5-3-2-4-6-12)14(17-16(18)21)19-7-9-22-10-8-19/h2-6H,7-11H2,1H3,(H,17,21). The lowest BCUT2D eigenvalue weighted by molar-refractivity contribution is 0.122. The van der Waals surface area contributed by atoms with Gasteiger partial charge in [-0.15, -0.1) is 0 Å². The van der Waals surface area contributed by atoms with Crippen molar-refractivity contribution in [1.82, 2.24) is 9.55 Å². The lowest BCUT2D eigenvalue weighted by atomic mass is 10.1. The minimum Gasteiger partial charge on any atom is -0.378 e. The second kappa shape index (κ2) is 6.19. The van der Waals surface area contributed by atoms with Crippen LogP contribution in [0.3, 0.4) is 0 Å². The smallest absolute Gasteiger partial charge is 0.329 e. The van der Waals surface area contributed by atoms with Gasteiger partial charge in [-0.2, -0.15) is 0 Å². The molecule has 0 unspecified atom stereocenters. The van der Waals surface area contributed by atoms with Crippen LogP contribution in [0.5, 0.6) is 0 Å². The Bertz CT molecular complexity index is 758. The summed E-state index contributed by atoms with van der Waals surface area (Å²) < 4.78 is 6.47. The molecule has 3 rings (SSSR count). The first-order valence-corrected chi connectivity index (χ1v) is 7.35. The molecule has 0 radical (unpaired) electrons. The van der Waals surface area contributed by atoms with Crippen molar-refractivity contribution < 1.29 is 4.74 Å². The normalized spacial score (nSPS) is 15.0. The average molecular weight is 301 g/mol. The van der Waals surface area contributed by atoms with Crippen LogP contribution in [0, 0.1) is 0 Å². The summed E-state index contributed by atoms with van der Waals surface area (Å²) in [6, 6.07) is 9.79. The van der Waals surface area contributed by atoms with Gasteiger partial charge < -0.3 is 9.64 Å². The minimum atomic E-state index is -0.386. The van der Waals surface area contributed by atoms with Gasteiger partial charge in [0.15, 0.2) is 0 Å². The number of benzene rings is 1. The third-order valence-corrected chi connectivity index (χ3v) is 3.93. The number of H-pyrrole nitrogens is 1. The number of aromatic nitrogens is 2. The Hall–Kier alpha value is -2.34. The first-order chi connectivity index (χ1) is 10.7. The van der Waals surface area contributed by atoms with E-state index in [4.69, 9.17) is 4.74 Å². The van der Waals surface area contributed by atoms with Gasteiger partial charge in [0, 0.05) is 26.6 Å². The maximum atomic E-state index is 12.5. The Balaban J connectivity index is 2.07. The molecule has 1 fully saturated rings. The van der Waals surface area contributed by atoms with Crippen LogP contribution in [-0.2, 0) is 18.2 Å². The van der Waals surface area contributed by atoms with Crippen molar-refractivity contribution in [3.63, 3.8) is 0 Å². The van der Waals surface area contributed by atoms with Gasteiger partial charge in [0.05, 0.1) is 18.8 Å². The largest absolute Gasteiger partial charge is 0.378 e. The highest BCUT2D eigenvalue weighted by Crippen LogP contribution is 2.17. The number of rotatable bonds is 3. The molecule has 0 aliphatic carbocycles. The molecule has 1 aliphatic heterocycles. The summed E-state index contributed by atoms with van der Waals surface area (Å²) in [6.45, 7) is 2.54. The fourth-order valence-electron chi connectivity index (χ4n) is 2.67. The Morgan fingerprint density at radius 2 is 1.82 bits per heavy atom. The average Bonchev–Trinajstić information content (AvgIpc) is 2.57. The van der Waals surface area contributed by atoms with Gasteiger partial charge in [-0.25, -0.2) is 4.79 Å². The number of nitrogens with zero attached hydrogens (tertiary/aromatic N) is 2. The molecule has 2 heterocycles. The van der Waals surface area contributed by atoms with Crippen molar-refractivity contribution in [2.75, 3.05) is 31.2 Å². The fraction of sp³-hybridized carbons (Fsp3) is 0.375. The molecule has 6 heteroatoms. The highest BCUT2D eigenvalue weighted by atomic mass is 16.5. The summed E-state index contributed by atoms with van der Waals surface area (Å²) in [5.41, 5.74) is 1.04. The molecular formula is C16H19N3O3. The zero-order valence-corrected chi connectivity index (χ0v) is 12.5. The van der Waals surface area contributed by atoms with Crippen LogP contribution in [0.25, 0.3) is 0 Å². The highest BCUT2D eigenvalue weighted by Gasteiger charge is 2.20. The monoisotopic (exact) mass is 301 g/mol. The number of hydrogen-bond donors (Lipinski definition) is 1. The van der Waals surface area contributed by atoms with Crippen molar-refractivity contribution >= 4 is 5.82 Å². The first kappa shape index (κ1) is 14.6. The lowest BCUT2D eigenvalue weighted by Gasteiger charge is -2.29. The van der Waals surface area contributed by atoms with Crippen LogP contribution >= 0.6 is 0 Å². The van der Waals surface area contributed by atoms with Gasteiger partial charge in [-0.3, -0.25) is 14.3 Å². The van der Waals surface area contributed by atoms with Crippen LogP contribution in [0.4, 0.5) is 5.82 Å². The number of aromatic amines is 1. The molecule has 1 N–H and O–H groups in total. The van der Waals surface area contributed by atoms with Crippen LogP contribution < -0.4 is 16.1 Å². The van der Waals surface area contributed by atoms with E-state index in [1.54, 1.807) is 0 Å². The first-order valence-electron chi connectivity index (χ1n) is 7.35. The lowest BCUT2D eigenvalue weighted by Crippen LogP contribution is -2.43. The van der Waals surface area contributed by atoms with E-state index in [-0.39, 0.29) is 11.2 Å². The highest BCUT2D eigenvalue weighted by molar-refractivity contribution is 5.48. The van der Waals surface area contributed by atoms with E-state index < -0.39 is 0 Å². The molecule has 0 amide bonds. The van der Waals surface area contributed by atoms with E-state index in [2.05, 4.69) is 4.98 Å². The van der Waals surface area contributed by atoms with Gasteiger partial charge in [0.25, 0.3) is 5.56 Å². The summed E-state index contributed by atoms with van der Waals surface area (Å²) >= 11 is 0. The van der Waals surface area contributed by atoms with Gasteiger partial charge in [0.2, 0.25) is 0 Å². The number of hydrogen-bond acceptors (Lipinski definition) is 4. The third-order valence-electron chi connectivity index (χ3n) is 3.93. The Kier molecular flexibility index (Phi) is 4.11. The van der Waals surface area contributed by atoms with Crippen molar-refractivity contribution in [1.29, 1.82) is 0 Å². The van der Waals surface area contributed by atoms with Gasteiger partial charge in [-0.05, 0) is 5.56 Å². The van der Waals surface area contributed by atoms with E-state index in [1.807, 2.05) is 35.2 Å². The Morgan fingerprint density at radius 1 is 1.14 bits per heavy atom. The number of ether oxygens (including phenoxy) is 1. The molecular weight excluding hydrogens is 282 g/mol. The van der Waals surface area contributed by atoms with E-state index >= 15 is 0 Å². The van der Waals surface area contributed by atoms with Crippen LogP contribution in [0.15, 0.2) is 39.9 Å². The molecule has 2 aromatic rings. The quantitative estimate of drug-likeness (QED) is 0.896. The number of morpholine rings is 1. The number of nitrogens with one attached hydrogen (secondary N) is 1. The summed E-state index contributed by atoms with van der Waals surface area (Å²) in [4.78, 5) is 29.4. The predicted molar refractivity (Wildman–Crippen MR) is 84.6 cm³/mol. The van der Waals surface area contributed by atoms with Crippen LogP contribution in [0.2, 0.25) is 0 Å². The fourth-order valence-corrected chi connectivity index (χ4v) is 2.67. The summed E-state index contributed by atoms with van der Waals surface area (Å²) in [6.07, 6.45) is 0.497. The summed E-state index contributed by atoms with van der Waals surface area (Å²) in [5.74, 6) is 0.625. The van der Waals surface area contributed by atoms with Crippen molar-refractivity contribution in [3.05, 3.63) is 62.3 Å². The molecule has 22 heavy (non-hydrogen) atoms. The third kappa shape index (κ3) is 2.82. The van der Waals surface area contributed by atoms with Gasteiger partial charge >= 0.3 is 5.69 Å². The van der Waals surface area contributed by atoms with Gasteiger partial charge in [0.1, 0.15) is 5.82 Å². The summed E-state index contributed by atoms with van der Waals surface area (Å²) in [7, 11) is 1.50. The molecule has 0 atom stereocenters. The molecule has 0 spiro atoms. The maximum absolute atomic E-state index is 12.5. The van der Waals surface area contributed by atoms with Crippen LogP contribution in [0.1, 0.15) is 11.1 Å². The Labute approximate surface area is 128 Å². The molecule has 0 saturated carbocycles. The Morgan fingerprint density at radius 3 is 2.50 bits per heavy atom. The maximum Gasteiger partial charge on any atom is 0.329 e. The van der Waals surface area contributed by atoms with E-state index in [0.717, 1.165) is 10.1 Å². The molecule has 1 aliphatic rings.